The number of ether oxygens (including phenoxy) is 5. The van der Waals surface area contributed by atoms with Crippen molar-refractivity contribution in [2.75, 3.05) is 21.0 Å². The molecule has 0 bridgehead atoms. The molecule has 3 aromatic carbocycles. The molecule has 1 aliphatic heterocycles. The Labute approximate surface area is 244 Å². The van der Waals surface area contributed by atoms with Gasteiger partial charge < -0.3 is 28.8 Å². The van der Waals surface area contributed by atoms with E-state index in [0.29, 0.717) is 53.0 Å². The van der Waals surface area contributed by atoms with E-state index in [4.69, 9.17) is 28.7 Å². The predicted molar refractivity (Wildman–Crippen MR) is 158 cm³/mol. The van der Waals surface area contributed by atoms with Gasteiger partial charge in [0.2, 0.25) is 6.79 Å². The smallest absolute Gasteiger partial charge is 0.331 e. The van der Waals surface area contributed by atoms with Crippen molar-refractivity contribution in [2.45, 2.75) is 39.2 Å². The van der Waals surface area contributed by atoms with Crippen molar-refractivity contribution in [3.05, 3.63) is 95.1 Å². The van der Waals surface area contributed by atoms with E-state index < -0.39 is 5.97 Å². The van der Waals surface area contributed by atoms with Crippen molar-refractivity contribution in [3.63, 3.8) is 0 Å². The van der Waals surface area contributed by atoms with Gasteiger partial charge in [0.1, 0.15) is 29.7 Å². The maximum absolute atomic E-state index is 12.5. The molecule has 0 saturated carbocycles. The third-order valence-corrected chi connectivity index (χ3v) is 7.01. The minimum Gasteiger partial charge on any atom is -0.497 e. The molecule has 0 radical (unpaired) electrons. The molecule has 0 spiro atoms. The summed E-state index contributed by atoms with van der Waals surface area (Å²) in [6.07, 6.45) is 6.09. The first-order valence-electron chi connectivity index (χ1n) is 13.8. The second-order valence-corrected chi connectivity index (χ2v) is 9.82. The number of imidazole rings is 1. The molecule has 1 aromatic heterocycles. The summed E-state index contributed by atoms with van der Waals surface area (Å²) >= 11 is 0. The summed E-state index contributed by atoms with van der Waals surface area (Å²) in [5.74, 6) is 2.65. The molecule has 218 valence electrons. The molecule has 1 aliphatic rings. The Bertz CT molecular complexity index is 1580. The fourth-order valence-corrected chi connectivity index (χ4v) is 4.82. The molecule has 1 N–H and O–H groups in total. The summed E-state index contributed by atoms with van der Waals surface area (Å²) in [5, 5.41) is 10.3. The lowest BCUT2D eigenvalue weighted by atomic mass is 10.0. The Kier molecular flexibility index (Phi) is 8.96. The number of fused-ring (bicyclic) bond motifs is 1. The first-order valence-corrected chi connectivity index (χ1v) is 13.8. The molecule has 9 heteroatoms. The van der Waals surface area contributed by atoms with Crippen LogP contribution in [0.15, 0.2) is 72.4 Å². The fraction of sp³-hybridized carbons (Fsp3) is 0.273. The molecule has 0 fully saturated rings. The zero-order chi connectivity index (χ0) is 29.5. The van der Waals surface area contributed by atoms with E-state index in [1.165, 1.54) is 0 Å². The van der Waals surface area contributed by atoms with Crippen LogP contribution >= 0.6 is 0 Å². The molecule has 9 nitrogen and oxygen atoms in total. The van der Waals surface area contributed by atoms with Crippen molar-refractivity contribution in [1.82, 2.24) is 9.55 Å². The highest BCUT2D eigenvalue weighted by molar-refractivity contribution is 5.92. The van der Waals surface area contributed by atoms with Crippen LogP contribution in [0.3, 0.4) is 0 Å². The average Bonchev–Trinajstić information content (AvgIpc) is 3.64. The van der Waals surface area contributed by atoms with E-state index in [2.05, 4.69) is 6.92 Å². The lowest BCUT2D eigenvalue weighted by Gasteiger charge is -2.17. The monoisotopic (exact) mass is 570 g/mol. The van der Waals surface area contributed by atoms with Crippen LogP contribution < -0.4 is 23.7 Å². The summed E-state index contributed by atoms with van der Waals surface area (Å²) in [6, 6.07) is 19.0. The standard InChI is InChI=1S/C33H34N2O7/c1-4-5-11-32-34-19-25(15-24(33(36)37)14-23-16-30-31(42-21-41-30)18-28(23)39-3)35(32)27-13-12-26(38-2)17-29(27)40-20-22-9-7-6-8-10-22/h6-10,12-13,15-19H,4-5,11,14,20-21H2,1-3H3,(H,36,37). The Morgan fingerprint density at radius 3 is 2.52 bits per heavy atom. The number of rotatable bonds is 13. The molecule has 0 saturated heterocycles. The number of carboxylic acids is 1. The van der Waals surface area contributed by atoms with Gasteiger partial charge in [0.25, 0.3) is 0 Å². The lowest BCUT2D eigenvalue weighted by Crippen LogP contribution is -2.09. The molecule has 4 aromatic rings. The predicted octanol–water partition coefficient (Wildman–Crippen LogP) is 6.25. The fourth-order valence-electron chi connectivity index (χ4n) is 4.82. The summed E-state index contributed by atoms with van der Waals surface area (Å²) in [7, 11) is 3.15. The second kappa shape index (κ2) is 13.2. The van der Waals surface area contributed by atoms with Gasteiger partial charge in [-0.25, -0.2) is 9.78 Å². The number of aryl methyl sites for hydroxylation is 1. The van der Waals surface area contributed by atoms with Crippen LogP contribution in [0.25, 0.3) is 11.8 Å². The van der Waals surface area contributed by atoms with E-state index in [1.807, 2.05) is 53.1 Å². The number of hydrogen-bond donors (Lipinski definition) is 1. The highest BCUT2D eigenvalue weighted by Crippen LogP contribution is 2.39. The molecule has 0 amide bonds. The maximum atomic E-state index is 12.5. The maximum Gasteiger partial charge on any atom is 0.331 e. The summed E-state index contributed by atoms with van der Waals surface area (Å²) in [5.41, 5.74) is 3.22. The van der Waals surface area contributed by atoms with Crippen LogP contribution in [0.2, 0.25) is 0 Å². The topological polar surface area (TPSA) is 101 Å². The molecule has 2 heterocycles. The van der Waals surface area contributed by atoms with Gasteiger partial charge in [-0.3, -0.25) is 4.57 Å². The Balaban J connectivity index is 1.57. The molecular formula is C33H34N2O7. The summed E-state index contributed by atoms with van der Waals surface area (Å²) < 4.78 is 30.3. The molecule has 0 unspecified atom stereocenters. The largest absolute Gasteiger partial charge is 0.497 e. The van der Waals surface area contributed by atoms with Crippen LogP contribution in [0, 0.1) is 0 Å². The van der Waals surface area contributed by atoms with Crippen molar-refractivity contribution in [1.29, 1.82) is 0 Å². The van der Waals surface area contributed by atoms with Crippen molar-refractivity contribution >= 4 is 12.0 Å². The highest BCUT2D eigenvalue weighted by Gasteiger charge is 2.22. The second-order valence-electron chi connectivity index (χ2n) is 9.82. The van der Waals surface area contributed by atoms with Gasteiger partial charge in [-0.1, -0.05) is 43.7 Å². The van der Waals surface area contributed by atoms with E-state index in [9.17, 15) is 9.90 Å². The molecule has 0 aliphatic carbocycles. The quantitative estimate of drug-likeness (QED) is 0.188. The zero-order valence-electron chi connectivity index (χ0n) is 24.0. The minimum absolute atomic E-state index is 0.102. The van der Waals surface area contributed by atoms with Gasteiger partial charge in [0.05, 0.1) is 31.8 Å². The normalized spacial score (nSPS) is 12.3. The SMILES string of the molecule is CCCCc1ncc(C=C(Cc2cc3c(cc2OC)OCO3)C(=O)O)n1-c1ccc(OC)cc1OCc1ccccc1. The lowest BCUT2D eigenvalue weighted by molar-refractivity contribution is -0.132. The Morgan fingerprint density at radius 1 is 1.02 bits per heavy atom. The van der Waals surface area contributed by atoms with Gasteiger partial charge >= 0.3 is 5.97 Å². The summed E-state index contributed by atoms with van der Waals surface area (Å²) in [6.45, 7) is 2.59. The van der Waals surface area contributed by atoms with Crippen LogP contribution in [-0.2, 0) is 24.2 Å². The van der Waals surface area contributed by atoms with Crippen LogP contribution in [0.1, 0.15) is 42.4 Å². The number of aliphatic carboxylic acids is 1. The number of aromatic nitrogens is 2. The van der Waals surface area contributed by atoms with Gasteiger partial charge in [-0.05, 0) is 36.3 Å². The molecule has 0 atom stereocenters. The zero-order valence-corrected chi connectivity index (χ0v) is 24.0. The van der Waals surface area contributed by atoms with Gasteiger partial charge in [-0.2, -0.15) is 0 Å². The first kappa shape index (κ1) is 28.6. The number of unbranched alkanes of at least 4 members (excludes halogenated alkanes) is 1. The van der Waals surface area contributed by atoms with Crippen molar-refractivity contribution in [3.8, 4) is 34.4 Å². The highest BCUT2D eigenvalue weighted by atomic mass is 16.7. The van der Waals surface area contributed by atoms with Gasteiger partial charge in [-0.15, -0.1) is 0 Å². The third-order valence-electron chi connectivity index (χ3n) is 7.01. The third kappa shape index (κ3) is 6.35. The Hall–Kier alpha value is -4.92. The van der Waals surface area contributed by atoms with Gasteiger partial charge in [0, 0.05) is 36.1 Å². The number of methoxy groups -OCH3 is 2. The van der Waals surface area contributed by atoms with Crippen LogP contribution in [0.5, 0.6) is 28.7 Å². The average molecular weight is 571 g/mol. The molecule has 42 heavy (non-hydrogen) atoms. The van der Waals surface area contributed by atoms with Crippen LogP contribution in [-0.4, -0.2) is 41.6 Å². The van der Waals surface area contributed by atoms with E-state index in [0.717, 1.165) is 29.9 Å². The number of benzene rings is 3. The van der Waals surface area contributed by atoms with Gasteiger partial charge in [0.15, 0.2) is 11.5 Å². The number of nitrogens with zero attached hydrogens (tertiary/aromatic N) is 2. The van der Waals surface area contributed by atoms with Crippen LogP contribution in [0.4, 0.5) is 0 Å². The first-order chi connectivity index (χ1) is 20.5. The van der Waals surface area contributed by atoms with Crippen molar-refractivity contribution < 1.29 is 33.6 Å². The van der Waals surface area contributed by atoms with E-state index in [-0.39, 0.29) is 18.8 Å². The number of carboxylic acid groups (broad SMARTS) is 1. The number of carbonyl (C=O) groups is 1. The Morgan fingerprint density at radius 2 is 1.81 bits per heavy atom. The minimum atomic E-state index is -1.05. The van der Waals surface area contributed by atoms with E-state index in [1.54, 1.807) is 38.6 Å². The van der Waals surface area contributed by atoms with E-state index >= 15 is 0 Å². The van der Waals surface area contributed by atoms with Crippen molar-refractivity contribution in [2.24, 2.45) is 0 Å². The molecule has 5 rings (SSSR count). The summed E-state index contributed by atoms with van der Waals surface area (Å²) in [4.78, 5) is 17.3. The molecular weight excluding hydrogens is 536 g/mol. The number of hydrogen-bond acceptors (Lipinski definition) is 7.